The van der Waals surface area contributed by atoms with Crippen molar-refractivity contribution in [1.29, 1.82) is 0 Å². The molecule has 0 spiro atoms. The van der Waals surface area contributed by atoms with Crippen molar-refractivity contribution >= 4 is 32.8 Å². The quantitative estimate of drug-likeness (QED) is 0.169. The normalized spacial score (nSPS) is 12.9. The highest BCUT2D eigenvalue weighted by Crippen LogP contribution is 2.41. The Bertz CT molecular complexity index is 2530. The maximum Gasteiger partial charge on any atom is 0.0794 e. The Morgan fingerprint density at radius 1 is 0.360 bits per heavy atom. The molecule has 0 radical (unpaired) electrons. The van der Waals surface area contributed by atoms with Crippen LogP contribution in [-0.2, 0) is 0 Å². The average molecular weight is 639 g/mol. The van der Waals surface area contributed by atoms with E-state index in [0.717, 1.165) is 51.6 Å². The van der Waals surface area contributed by atoms with Gasteiger partial charge in [-0.2, -0.15) is 0 Å². The number of rotatable bonds is 6. The second-order valence-corrected chi connectivity index (χ2v) is 12.9. The molecular formula is C48H34N2. The minimum absolute atomic E-state index is 0.946. The highest BCUT2D eigenvalue weighted by Gasteiger charge is 2.18. The van der Waals surface area contributed by atoms with Crippen molar-refractivity contribution in [3.63, 3.8) is 0 Å². The molecule has 0 aliphatic heterocycles. The number of hydrogen-bond acceptors (Lipinski definition) is 2. The van der Waals surface area contributed by atoms with Gasteiger partial charge in [-0.05, 0) is 92.6 Å². The van der Waals surface area contributed by atoms with Crippen LogP contribution < -0.4 is 0 Å². The molecule has 0 atom stereocenters. The van der Waals surface area contributed by atoms with Crippen molar-refractivity contribution < 1.29 is 0 Å². The molecule has 1 aliphatic carbocycles. The lowest BCUT2D eigenvalue weighted by Gasteiger charge is -2.19. The predicted octanol–water partition coefficient (Wildman–Crippen LogP) is 12.7. The number of hydrogen-bond donors (Lipinski definition) is 0. The number of nitrogens with zero attached hydrogens (tertiary/aromatic N) is 2. The molecule has 6 aromatic carbocycles. The molecular weight excluding hydrogens is 605 g/mol. The van der Waals surface area contributed by atoms with E-state index >= 15 is 0 Å². The fourth-order valence-corrected chi connectivity index (χ4v) is 7.27. The topological polar surface area (TPSA) is 25.8 Å². The van der Waals surface area contributed by atoms with Crippen LogP contribution in [0.15, 0.2) is 182 Å². The number of allylic oxidation sites excluding steroid dienone is 4. The maximum atomic E-state index is 5.46. The fourth-order valence-electron chi connectivity index (χ4n) is 7.27. The molecule has 0 saturated heterocycles. The zero-order valence-electron chi connectivity index (χ0n) is 27.6. The van der Waals surface area contributed by atoms with Gasteiger partial charge in [0.15, 0.2) is 0 Å². The van der Waals surface area contributed by atoms with E-state index in [2.05, 4.69) is 169 Å². The van der Waals surface area contributed by atoms with Gasteiger partial charge >= 0.3 is 0 Å². The van der Waals surface area contributed by atoms with Crippen molar-refractivity contribution in [3.05, 3.63) is 193 Å². The number of pyridine rings is 2. The Morgan fingerprint density at radius 3 is 1.56 bits per heavy atom. The lowest BCUT2D eigenvalue weighted by Crippen LogP contribution is -1.99. The molecule has 50 heavy (non-hydrogen) atoms. The van der Waals surface area contributed by atoms with Crippen LogP contribution in [0.3, 0.4) is 0 Å². The van der Waals surface area contributed by atoms with Crippen LogP contribution in [0.4, 0.5) is 0 Å². The van der Waals surface area contributed by atoms with Gasteiger partial charge < -0.3 is 0 Å². The summed E-state index contributed by atoms with van der Waals surface area (Å²) in [5, 5.41) is 3.52. The van der Waals surface area contributed by atoms with Gasteiger partial charge in [0.1, 0.15) is 0 Å². The van der Waals surface area contributed by atoms with E-state index in [1.807, 2.05) is 18.3 Å². The number of aromatic nitrogens is 2. The van der Waals surface area contributed by atoms with Gasteiger partial charge in [-0.15, -0.1) is 0 Å². The summed E-state index contributed by atoms with van der Waals surface area (Å²) < 4.78 is 0. The minimum atomic E-state index is 0.946. The van der Waals surface area contributed by atoms with Crippen molar-refractivity contribution in [1.82, 2.24) is 9.97 Å². The molecule has 0 N–H and O–H groups in total. The molecule has 2 heteroatoms. The summed E-state index contributed by atoms with van der Waals surface area (Å²) in [6, 6.07) is 58.5. The lowest BCUT2D eigenvalue weighted by atomic mass is 9.88. The van der Waals surface area contributed by atoms with Gasteiger partial charge in [0, 0.05) is 22.5 Å². The van der Waals surface area contributed by atoms with Gasteiger partial charge in [0.05, 0.1) is 16.9 Å². The minimum Gasteiger partial charge on any atom is -0.256 e. The Morgan fingerprint density at radius 2 is 0.900 bits per heavy atom. The van der Waals surface area contributed by atoms with Gasteiger partial charge in [0.2, 0.25) is 0 Å². The molecule has 0 unspecified atom stereocenters. The molecule has 9 rings (SSSR count). The van der Waals surface area contributed by atoms with Gasteiger partial charge in [-0.1, -0.05) is 152 Å². The van der Waals surface area contributed by atoms with E-state index in [4.69, 9.17) is 4.98 Å². The molecule has 2 heterocycles. The Kier molecular flexibility index (Phi) is 7.68. The summed E-state index contributed by atoms with van der Waals surface area (Å²) in [7, 11) is 0. The number of benzene rings is 6. The lowest BCUT2D eigenvalue weighted by molar-refractivity contribution is 1.06. The van der Waals surface area contributed by atoms with E-state index in [1.54, 1.807) is 0 Å². The molecule has 236 valence electrons. The first-order valence-corrected chi connectivity index (χ1v) is 17.3. The molecule has 0 amide bonds. The van der Waals surface area contributed by atoms with Crippen LogP contribution in [0, 0.1) is 0 Å². The summed E-state index contributed by atoms with van der Waals surface area (Å²) in [6.45, 7) is 0. The molecule has 1 aliphatic rings. The molecule has 0 bridgehead atoms. The Hall–Kier alpha value is -6.38. The monoisotopic (exact) mass is 638 g/mol. The second kappa shape index (κ2) is 12.9. The van der Waals surface area contributed by atoms with Crippen molar-refractivity contribution in [2.45, 2.75) is 12.8 Å². The zero-order chi connectivity index (χ0) is 33.3. The van der Waals surface area contributed by atoms with Crippen LogP contribution in [0.1, 0.15) is 24.1 Å². The van der Waals surface area contributed by atoms with E-state index in [9.17, 15) is 0 Å². The summed E-state index contributed by atoms with van der Waals surface area (Å²) in [6.07, 6.45) is 8.34. The van der Waals surface area contributed by atoms with Crippen molar-refractivity contribution in [3.8, 4) is 44.6 Å². The second-order valence-electron chi connectivity index (χ2n) is 12.9. The number of fused-ring (bicyclic) bond motifs is 3. The first-order valence-electron chi connectivity index (χ1n) is 17.3. The van der Waals surface area contributed by atoms with Crippen molar-refractivity contribution in [2.24, 2.45) is 0 Å². The molecule has 0 fully saturated rings. The van der Waals surface area contributed by atoms with Gasteiger partial charge in [-0.25, -0.2) is 4.98 Å². The third kappa shape index (κ3) is 5.61. The van der Waals surface area contributed by atoms with Crippen LogP contribution in [-0.4, -0.2) is 9.97 Å². The van der Waals surface area contributed by atoms with E-state index in [0.29, 0.717) is 0 Å². The summed E-state index contributed by atoms with van der Waals surface area (Å²) in [5.41, 5.74) is 15.3. The molecule has 2 nitrogen and oxygen atoms in total. The third-order valence-corrected chi connectivity index (χ3v) is 9.90. The SMILES string of the molecule is C1=C(c2ccccc2)CCC(c2cc(-c3ccc(-c4ccccn4)cc3)c3cc(-c4ccc(-c5ccccc5)cc4)c4ccccc4c3n2)=C1. The van der Waals surface area contributed by atoms with Crippen LogP contribution >= 0.6 is 0 Å². The average Bonchev–Trinajstić information content (AvgIpc) is 3.21. The third-order valence-electron chi connectivity index (χ3n) is 9.90. The molecule has 0 saturated carbocycles. The molecule has 2 aromatic heterocycles. The van der Waals surface area contributed by atoms with Crippen LogP contribution in [0.2, 0.25) is 0 Å². The summed E-state index contributed by atoms with van der Waals surface area (Å²) in [5.74, 6) is 0. The summed E-state index contributed by atoms with van der Waals surface area (Å²) >= 11 is 0. The van der Waals surface area contributed by atoms with E-state index in [-0.39, 0.29) is 0 Å². The smallest absolute Gasteiger partial charge is 0.0794 e. The Labute approximate surface area is 292 Å². The van der Waals surface area contributed by atoms with Crippen LogP contribution in [0.25, 0.3) is 77.5 Å². The van der Waals surface area contributed by atoms with Gasteiger partial charge in [-0.3, -0.25) is 4.98 Å². The zero-order valence-corrected chi connectivity index (χ0v) is 27.6. The molecule has 8 aromatic rings. The standard InChI is InChI=1S/C48H34N2/c1-3-11-33(12-4-1)35-18-22-37(23-19-35)43-31-45-44(38-24-28-39(29-25-38)46-17-9-10-30-49-46)32-47(50-48(45)42-16-8-7-15-41(42)43)40-26-20-36(21-27-40)34-13-5-2-6-14-34/h1-20,22-26,28-32H,21,27H2. The first-order chi connectivity index (χ1) is 24.8. The van der Waals surface area contributed by atoms with Crippen molar-refractivity contribution in [2.75, 3.05) is 0 Å². The van der Waals surface area contributed by atoms with E-state index < -0.39 is 0 Å². The van der Waals surface area contributed by atoms with E-state index in [1.165, 1.54) is 49.9 Å². The first kappa shape index (κ1) is 29.7. The highest BCUT2D eigenvalue weighted by atomic mass is 14.7. The van der Waals surface area contributed by atoms with Gasteiger partial charge in [0.25, 0.3) is 0 Å². The predicted molar refractivity (Wildman–Crippen MR) is 210 cm³/mol. The largest absolute Gasteiger partial charge is 0.256 e. The van der Waals surface area contributed by atoms with Crippen LogP contribution in [0.5, 0.6) is 0 Å². The highest BCUT2D eigenvalue weighted by molar-refractivity contribution is 6.16. The fraction of sp³-hybridized carbons (Fsp3) is 0.0417. The maximum absolute atomic E-state index is 5.46. The summed E-state index contributed by atoms with van der Waals surface area (Å²) in [4.78, 5) is 10.0. The Balaban J connectivity index is 1.23.